The number of amides is 3. The van der Waals surface area contributed by atoms with E-state index < -0.39 is 29.7 Å². The number of nitrogens with zero attached hydrogens (tertiary/aromatic N) is 2. The number of imide groups is 1. The lowest BCUT2D eigenvalue weighted by Gasteiger charge is -2.34. The predicted molar refractivity (Wildman–Crippen MR) is 63.0 cm³/mol. The van der Waals surface area contributed by atoms with Crippen molar-refractivity contribution in [2.24, 2.45) is 5.92 Å². The first-order chi connectivity index (χ1) is 8.54. The fraction of sp³-hybridized carbons (Fsp3) is 0.667. The minimum absolute atomic E-state index is 0.148. The van der Waals surface area contributed by atoms with E-state index >= 15 is 0 Å². The number of nitrogens with one attached hydrogen (secondary N) is 1. The summed E-state index contributed by atoms with van der Waals surface area (Å²) in [7, 11) is 0. The Morgan fingerprint density at radius 1 is 1.56 bits per heavy atom. The van der Waals surface area contributed by atoms with Crippen LogP contribution in [-0.2, 0) is 14.4 Å². The topological polar surface area (TPSA) is 90.3 Å². The van der Waals surface area contributed by atoms with Crippen LogP contribution in [0, 0.1) is 17.2 Å². The van der Waals surface area contributed by atoms with Crippen LogP contribution in [-0.4, -0.2) is 35.2 Å². The molecule has 0 saturated carbocycles. The van der Waals surface area contributed by atoms with Crippen LogP contribution in [0.5, 0.6) is 0 Å². The number of nitriles is 1. The SMILES string of the molecule is CCCC(C#N)C(=O)N1CC(=O)NC(=O)C1CC. The van der Waals surface area contributed by atoms with Gasteiger partial charge >= 0.3 is 0 Å². The van der Waals surface area contributed by atoms with Gasteiger partial charge in [0.25, 0.3) is 0 Å². The lowest BCUT2D eigenvalue weighted by molar-refractivity contribution is -0.151. The smallest absolute Gasteiger partial charge is 0.249 e. The summed E-state index contributed by atoms with van der Waals surface area (Å²) in [6, 6.07) is 1.29. The summed E-state index contributed by atoms with van der Waals surface area (Å²) in [6.45, 7) is 3.50. The summed E-state index contributed by atoms with van der Waals surface area (Å²) in [5.74, 6) is -2.15. The molecule has 6 nitrogen and oxygen atoms in total. The molecule has 2 atom stereocenters. The Bertz CT molecular complexity index is 400. The number of hydrogen-bond acceptors (Lipinski definition) is 4. The number of carbonyl (C=O) groups is 3. The fourth-order valence-corrected chi connectivity index (χ4v) is 2.04. The number of carbonyl (C=O) groups excluding carboxylic acids is 3. The molecule has 18 heavy (non-hydrogen) atoms. The highest BCUT2D eigenvalue weighted by atomic mass is 16.2. The maximum Gasteiger partial charge on any atom is 0.249 e. The third-order valence-corrected chi connectivity index (χ3v) is 2.96. The molecule has 0 spiro atoms. The zero-order valence-electron chi connectivity index (χ0n) is 10.6. The van der Waals surface area contributed by atoms with E-state index in [1.807, 2.05) is 13.0 Å². The van der Waals surface area contributed by atoms with Crippen molar-refractivity contribution in [1.82, 2.24) is 10.2 Å². The Balaban J connectivity index is 2.90. The first-order valence-corrected chi connectivity index (χ1v) is 6.08. The van der Waals surface area contributed by atoms with E-state index in [9.17, 15) is 14.4 Å². The molecule has 0 radical (unpaired) electrons. The van der Waals surface area contributed by atoms with Crippen LogP contribution < -0.4 is 5.32 Å². The molecule has 1 fully saturated rings. The maximum absolute atomic E-state index is 12.2. The van der Waals surface area contributed by atoms with E-state index in [4.69, 9.17) is 5.26 Å². The lowest BCUT2D eigenvalue weighted by atomic mass is 10.0. The molecule has 0 bridgehead atoms. The van der Waals surface area contributed by atoms with Crippen molar-refractivity contribution in [3.05, 3.63) is 0 Å². The van der Waals surface area contributed by atoms with Gasteiger partial charge in [-0.2, -0.15) is 5.26 Å². The van der Waals surface area contributed by atoms with Crippen molar-refractivity contribution >= 4 is 17.7 Å². The molecule has 0 aromatic rings. The van der Waals surface area contributed by atoms with Crippen molar-refractivity contribution < 1.29 is 14.4 Å². The maximum atomic E-state index is 12.2. The quantitative estimate of drug-likeness (QED) is 0.722. The zero-order valence-corrected chi connectivity index (χ0v) is 10.6. The largest absolute Gasteiger partial charge is 0.320 e. The molecule has 1 aliphatic heterocycles. The predicted octanol–water partition coefficient (Wildman–Crippen LogP) is 0.190. The van der Waals surface area contributed by atoms with E-state index in [2.05, 4.69) is 5.32 Å². The Kier molecular flexibility index (Phi) is 4.84. The summed E-state index contributed by atoms with van der Waals surface area (Å²) in [5.41, 5.74) is 0. The third-order valence-electron chi connectivity index (χ3n) is 2.96. The van der Waals surface area contributed by atoms with Gasteiger partial charge in [0.15, 0.2) is 0 Å². The summed E-state index contributed by atoms with van der Waals surface area (Å²) in [4.78, 5) is 36.3. The molecule has 1 N–H and O–H groups in total. The molecule has 0 aromatic heterocycles. The average Bonchev–Trinajstić information content (AvgIpc) is 2.34. The zero-order chi connectivity index (χ0) is 13.7. The van der Waals surface area contributed by atoms with Crippen LogP contribution in [0.4, 0.5) is 0 Å². The molecule has 98 valence electrons. The van der Waals surface area contributed by atoms with Crippen molar-refractivity contribution in [1.29, 1.82) is 5.26 Å². The Morgan fingerprint density at radius 3 is 2.72 bits per heavy atom. The second kappa shape index (κ2) is 6.15. The highest BCUT2D eigenvalue weighted by Crippen LogP contribution is 2.16. The molecule has 0 aliphatic carbocycles. The molecule has 6 heteroatoms. The van der Waals surface area contributed by atoms with Crippen molar-refractivity contribution in [2.45, 2.75) is 39.2 Å². The molecule has 3 amide bonds. The minimum atomic E-state index is -0.775. The van der Waals surface area contributed by atoms with Crippen LogP contribution in [0.15, 0.2) is 0 Å². The van der Waals surface area contributed by atoms with Gasteiger partial charge in [-0.3, -0.25) is 19.7 Å². The van der Waals surface area contributed by atoms with E-state index in [-0.39, 0.29) is 6.54 Å². The average molecular weight is 251 g/mol. The lowest BCUT2D eigenvalue weighted by Crippen LogP contribution is -2.60. The second-order valence-corrected chi connectivity index (χ2v) is 4.27. The van der Waals surface area contributed by atoms with Gasteiger partial charge in [0.1, 0.15) is 18.5 Å². The van der Waals surface area contributed by atoms with E-state index in [0.717, 1.165) is 0 Å². The van der Waals surface area contributed by atoms with E-state index in [1.54, 1.807) is 6.92 Å². The summed E-state index contributed by atoms with van der Waals surface area (Å²) < 4.78 is 0. The van der Waals surface area contributed by atoms with Gasteiger partial charge in [0, 0.05) is 0 Å². The first kappa shape index (κ1) is 14.2. The fourth-order valence-electron chi connectivity index (χ4n) is 2.04. The van der Waals surface area contributed by atoms with E-state index in [1.165, 1.54) is 4.90 Å². The molecule has 1 aliphatic rings. The van der Waals surface area contributed by atoms with Gasteiger partial charge in [-0.15, -0.1) is 0 Å². The van der Waals surface area contributed by atoms with Gasteiger partial charge in [-0.05, 0) is 12.8 Å². The highest BCUT2D eigenvalue weighted by molar-refractivity contribution is 6.04. The van der Waals surface area contributed by atoms with Crippen molar-refractivity contribution in [2.75, 3.05) is 6.54 Å². The van der Waals surface area contributed by atoms with Crippen LogP contribution in [0.3, 0.4) is 0 Å². The van der Waals surface area contributed by atoms with Gasteiger partial charge in [0.2, 0.25) is 17.7 Å². The van der Waals surface area contributed by atoms with Crippen LogP contribution >= 0.6 is 0 Å². The van der Waals surface area contributed by atoms with E-state index in [0.29, 0.717) is 19.3 Å². The van der Waals surface area contributed by atoms with Gasteiger partial charge in [-0.25, -0.2) is 0 Å². The van der Waals surface area contributed by atoms with Gasteiger partial charge in [0.05, 0.1) is 6.07 Å². The summed E-state index contributed by atoms with van der Waals surface area (Å²) in [5, 5.41) is 11.2. The normalized spacial score (nSPS) is 21.2. The summed E-state index contributed by atoms with van der Waals surface area (Å²) >= 11 is 0. The molecular weight excluding hydrogens is 234 g/mol. The molecule has 1 heterocycles. The second-order valence-electron chi connectivity index (χ2n) is 4.27. The number of piperazine rings is 1. The summed E-state index contributed by atoms with van der Waals surface area (Å²) in [6.07, 6.45) is 1.57. The standard InChI is InChI=1S/C12H17N3O3/c1-3-5-8(6-13)12(18)15-7-10(16)14-11(17)9(15)4-2/h8-9H,3-5,7H2,1-2H3,(H,14,16,17). The monoisotopic (exact) mass is 251 g/mol. The highest BCUT2D eigenvalue weighted by Gasteiger charge is 2.37. The Labute approximate surface area is 106 Å². The Morgan fingerprint density at radius 2 is 2.22 bits per heavy atom. The molecule has 1 saturated heterocycles. The number of rotatable bonds is 4. The molecule has 0 aromatic carbocycles. The van der Waals surface area contributed by atoms with Crippen molar-refractivity contribution in [3.8, 4) is 6.07 Å². The van der Waals surface area contributed by atoms with Crippen molar-refractivity contribution in [3.63, 3.8) is 0 Å². The van der Waals surface area contributed by atoms with Crippen LogP contribution in [0.2, 0.25) is 0 Å². The molecular formula is C12H17N3O3. The molecule has 2 unspecified atom stereocenters. The van der Waals surface area contributed by atoms with Crippen LogP contribution in [0.25, 0.3) is 0 Å². The van der Waals surface area contributed by atoms with Gasteiger partial charge in [-0.1, -0.05) is 20.3 Å². The van der Waals surface area contributed by atoms with Gasteiger partial charge < -0.3 is 4.90 Å². The third kappa shape index (κ3) is 2.86. The first-order valence-electron chi connectivity index (χ1n) is 6.08. The molecule has 1 rings (SSSR count). The Hall–Kier alpha value is -1.90. The number of hydrogen-bond donors (Lipinski definition) is 1. The van der Waals surface area contributed by atoms with Crippen LogP contribution in [0.1, 0.15) is 33.1 Å². The minimum Gasteiger partial charge on any atom is -0.320 e.